The molecule has 0 spiro atoms. The van der Waals surface area contributed by atoms with Crippen LogP contribution < -0.4 is 21.3 Å². The van der Waals surface area contributed by atoms with Gasteiger partial charge in [0.05, 0.1) is 44.2 Å². The van der Waals surface area contributed by atoms with Crippen LogP contribution in [0.2, 0.25) is 0 Å². The van der Waals surface area contributed by atoms with E-state index in [4.69, 9.17) is 15.9 Å². The molecular formula is C37H51N9O6S2. The number of nitrogens with two attached hydrogens (primary N) is 1. The molecule has 0 aliphatic rings. The lowest BCUT2D eigenvalue weighted by molar-refractivity contribution is 0.402. The molecular weight excluding hydrogens is 731 g/mol. The summed E-state index contributed by atoms with van der Waals surface area (Å²) in [6.45, 7) is 21.2. The highest BCUT2D eigenvalue weighted by Crippen LogP contribution is 2.37. The van der Waals surface area contributed by atoms with Crippen LogP contribution in [0.4, 0.5) is 11.6 Å². The molecule has 0 radical (unpaired) electrons. The number of allylic oxidation sites excluding steroid dienone is 1. The molecule has 0 unspecified atom stereocenters. The predicted octanol–water partition coefficient (Wildman–Crippen LogP) is 6.38. The Balaban J connectivity index is 0.000000252. The van der Waals surface area contributed by atoms with Gasteiger partial charge in [0.25, 0.3) is 5.56 Å². The number of aryl methyl sites for hydroxylation is 2. The lowest BCUT2D eigenvalue weighted by Gasteiger charge is -2.21. The summed E-state index contributed by atoms with van der Waals surface area (Å²) in [5.41, 5.74) is 10.4. The van der Waals surface area contributed by atoms with E-state index in [9.17, 15) is 21.6 Å². The van der Waals surface area contributed by atoms with E-state index in [-0.39, 0.29) is 32.3 Å². The van der Waals surface area contributed by atoms with Crippen LogP contribution >= 0.6 is 0 Å². The number of ether oxygens (including phenoxy) is 1. The third-order valence-electron chi connectivity index (χ3n) is 8.69. The van der Waals surface area contributed by atoms with Crippen molar-refractivity contribution in [3.8, 4) is 5.75 Å². The van der Waals surface area contributed by atoms with E-state index in [1.807, 2.05) is 34.6 Å². The van der Waals surface area contributed by atoms with Crippen LogP contribution in [0.5, 0.6) is 5.75 Å². The Bertz CT molecular complexity index is 2520. The predicted molar refractivity (Wildman–Crippen MR) is 214 cm³/mol. The Labute approximate surface area is 316 Å². The Morgan fingerprint density at radius 1 is 0.815 bits per heavy atom. The second kappa shape index (κ2) is 16.1. The van der Waals surface area contributed by atoms with Crippen molar-refractivity contribution >= 4 is 59.0 Å². The lowest BCUT2D eigenvalue weighted by Crippen LogP contribution is -2.28. The fourth-order valence-corrected chi connectivity index (χ4v) is 7.43. The van der Waals surface area contributed by atoms with Crippen LogP contribution in [-0.2, 0) is 19.7 Å². The number of benzene rings is 2. The number of sulfone groups is 2. The molecule has 6 N–H and O–H groups in total. The van der Waals surface area contributed by atoms with Crippen molar-refractivity contribution in [1.29, 1.82) is 5.41 Å². The number of methoxy groups -OCH3 is 1. The first-order valence-corrected chi connectivity index (χ1v) is 19.8. The molecule has 0 saturated carbocycles. The van der Waals surface area contributed by atoms with Crippen molar-refractivity contribution in [3.05, 3.63) is 75.2 Å². The zero-order valence-electron chi connectivity index (χ0n) is 33.1. The number of anilines is 2. The summed E-state index contributed by atoms with van der Waals surface area (Å²) in [5.74, 6) is 1.53. The van der Waals surface area contributed by atoms with Gasteiger partial charge in [0.1, 0.15) is 28.6 Å². The molecule has 54 heavy (non-hydrogen) atoms. The largest absolute Gasteiger partial charge is 0.495 e. The van der Waals surface area contributed by atoms with Crippen molar-refractivity contribution in [2.24, 2.45) is 5.73 Å². The van der Waals surface area contributed by atoms with Gasteiger partial charge in [0.2, 0.25) is 0 Å². The molecule has 0 aliphatic carbocycles. The molecule has 0 bridgehead atoms. The first-order valence-electron chi connectivity index (χ1n) is 16.8. The molecule has 2 aromatic carbocycles. The number of hydrogen-bond acceptors (Lipinski definition) is 12. The quantitative estimate of drug-likeness (QED) is 0.0932. The van der Waals surface area contributed by atoms with Gasteiger partial charge in [-0.2, -0.15) is 5.10 Å². The van der Waals surface area contributed by atoms with Gasteiger partial charge in [0, 0.05) is 22.7 Å². The summed E-state index contributed by atoms with van der Waals surface area (Å²) in [7, 11) is -5.69. The first kappa shape index (κ1) is 43.2. The molecule has 0 saturated heterocycles. The van der Waals surface area contributed by atoms with Crippen LogP contribution in [0, 0.1) is 26.2 Å². The zero-order chi connectivity index (χ0) is 41.1. The Hall–Kier alpha value is -5.16. The SMILES string of the molecule is CC(C)=C(C)C(=N)N.COc1cc2ncnc(Nc3n[nH]c(C)c3C)c2cc1S(=O)(=O)C(C)(C)C.Cc1cc2nc[nH]c(=O)c2cc1S(=O)(=O)C(C)(C)C. The Kier molecular flexibility index (Phi) is 12.9. The van der Waals surface area contributed by atoms with Gasteiger partial charge >= 0.3 is 0 Å². The first-order chi connectivity index (χ1) is 24.8. The number of fused-ring (bicyclic) bond motifs is 2. The molecule has 292 valence electrons. The number of H-pyrrole nitrogens is 2. The summed E-state index contributed by atoms with van der Waals surface area (Å²) in [5, 5.41) is 18.1. The van der Waals surface area contributed by atoms with E-state index in [1.54, 1.807) is 66.7 Å². The molecule has 3 aromatic heterocycles. The van der Waals surface area contributed by atoms with Crippen LogP contribution in [0.1, 0.15) is 79.1 Å². The van der Waals surface area contributed by atoms with Gasteiger partial charge < -0.3 is 20.8 Å². The van der Waals surface area contributed by atoms with Crippen LogP contribution in [0.15, 0.2) is 62.7 Å². The highest BCUT2D eigenvalue weighted by Gasteiger charge is 2.34. The van der Waals surface area contributed by atoms with E-state index in [2.05, 4.69) is 35.5 Å². The maximum absolute atomic E-state index is 13.0. The third-order valence-corrected chi connectivity index (χ3v) is 13.8. The molecule has 5 rings (SSSR count). The molecule has 0 aliphatic heterocycles. The average Bonchev–Trinajstić information content (AvgIpc) is 3.38. The summed E-state index contributed by atoms with van der Waals surface area (Å²) in [6.07, 6.45) is 2.72. The smallest absolute Gasteiger partial charge is 0.258 e. The maximum Gasteiger partial charge on any atom is 0.258 e. The van der Waals surface area contributed by atoms with Crippen molar-refractivity contribution in [2.75, 3.05) is 12.4 Å². The topological polar surface area (TPSA) is 240 Å². The third kappa shape index (κ3) is 9.13. The van der Waals surface area contributed by atoms with Crippen molar-refractivity contribution < 1.29 is 21.6 Å². The highest BCUT2D eigenvalue weighted by atomic mass is 32.2. The Morgan fingerprint density at radius 3 is 1.85 bits per heavy atom. The maximum atomic E-state index is 13.0. The fourth-order valence-electron chi connectivity index (χ4n) is 4.67. The number of amidine groups is 1. The minimum atomic E-state index is -3.63. The van der Waals surface area contributed by atoms with E-state index in [1.165, 1.54) is 25.8 Å². The van der Waals surface area contributed by atoms with E-state index in [0.717, 1.165) is 22.4 Å². The monoisotopic (exact) mass is 781 g/mol. The molecule has 0 amide bonds. The van der Waals surface area contributed by atoms with Crippen molar-refractivity contribution in [3.63, 3.8) is 0 Å². The van der Waals surface area contributed by atoms with E-state index >= 15 is 0 Å². The second-order valence-electron chi connectivity index (χ2n) is 14.8. The average molecular weight is 782 g/mol. The normalized spacial score (nSPS) is 11.9. The number of aromatic amines is 2. The van der Waals surface area contributed by atoms with Gasteiger partial charge in [-0.25, -0.2) is 31.8 Å². The number of nitrogens with zero attached hydrogens (tertiary/aromatic N) is 4. The van der Waals surface area contributed by atoms with Crippen LogP contribution in [-0.4, -0.2) is 69.4 Å². The zero-order valence-corrected chi connectivity index (χ0v) is 34.7. The number of rotatable bonds is 6. The summed E-state index contributed by atoms with van der Waals surface area (Å²) in [6, 6.07) is 6.22. The number of aromatic nitrogens is 6. The molecule has 5 aromatic rings. The van der Waals surface area contributed by atoms with Gasteiger partial charge in [-0.05, 0) is 112 Å². The summed E-state index contributed by atoms with van der Waals surface area (Å²) >= 11 is 0. The fraction of sp³-hybridized carbons (Fsp3) is 0.405. The van der Waals surface area contributed by atoms with Gasteiger partial charge in [-0.1, -0.05) is 5.57 Å². The molecule has 17 heteroatoms. The number of hydrogen-bond donors (Lipinski definition) is 5. The molecule has 0 fully saturated rings. The van der Waals surface area contributed by atoms with Gasteiger partial charge in [-0.15, -0.1) is 0 Å². The van der Waals surface area contributed by atoms with E-state index in [0.29, 0.717) is 33.6 Å². The molecule has 0 atom stereocenters. The van der Waals surface area contributed by atoms with Crippen LogP contribution in [0.3, 0.4) is 0 Å². The second-order valence-corrected chi connectivity index (χ2v) is 20.2. The summed E-state index contributed by atoms with van der Waals surface area (Å²) in [4.78, 5) is 27.0. The molecule has 3 heterocycles. The van der Waals surface area contributed by atoms with Crippen LogP contribution in [0.25, 0.3) is 21.8 Å². The lowest BCUT2D eigenvalue weighted by atomic mass is 10.2. The van der Waals surface area contributed by atoms with E-state index < -0.39 is 29.2 Å². The number of nitrogens with one attached hydrogen (secondary N) is 4. The highest BCUT2D eigenvalue weighted by molar-refractivity contribution is 7.93. The van der Waals surface area contributed by atoms with Gasteiger partial charge in [0.15, 0.2) is 25.5 Å². The van der Waals surface area contributed by atoms with Crippen molar-refractivity contribution in [1.82, 2.24) is 30.1 Å². The van der Waals surface area contributed by atoms with Gasteiger partial charge in [-0.3, -0.25) is 15.3 Å². The molecule has 15 nitrogen and oxygen atoms in total. The summed E-state index contributed by atoms with van der Waals surface area (Å²) < 4.78 is 54.5. The minimum Gasteiger partial charge on any atom is -0.495 e. The Morgan fingerprint density at radius 2 is 1.37 bits per heavy atom. The minimum absolute atomic E-state index is 0.109. The standard InChI is InChI=1S/C18H23N5O3S.C13H16N2O3S.C6H12N2/c1-10-11(2)22-23-16(10)21-17-12-7-15(27(24,25)18(3,4)5)14(26-6)8-13(12)19-9-20-17;1-8-5-10-9(12(16)15-7-14-10)6-11(8)19(17,18)13(2,3)4;1-4(2)5(3)6(7)8/h7-9H,1-6H3,(H2,19,20,21,22,23);5-7H,1-4H3,(H,14,15,16);1-3H3,(H3,7,8). The van der Waals surface area contributed by atoms with Crippen molar-refractivity contribution in [2.45, 2.75) is 102 Å².